The lowest BCUT2D eigenvalue weighted by molar-refractivity contribution is 0.298. The third-order valence-electron chi connectivity index (χ3n) is 3.93. The molecule has 2 heterocycles. The van der Waals surface area contributed by atoms with Gasteiger partial charge in [0, 0.05) is 0 Å². The first-order chi connectivity index (χ1) is 9.92. The summed E-state index contributed by atoms with van der Waals surface area (Å²) in [5.41, 5.74) is 3.48. The summed E-state index contributed by atoms with van der Waals surface area (Å²) in [6.07, 6.45) is 5.75. The van der Waals surface area contributed by atoms with E-state index >= 15 is 0 Å². The molecule has 0 radical (unpaired) electrons. The third kappa shape index (κ3) is 1.91. The van der Waals surface area contributed by atoms with E-state index in [4.69, 9.17) is 9.26 Å². The Morgan fingerprint density at radius 3 is 1.75 bits per heavy atom. The summed E-state index contributed by atoms with van der Waals surface area (Å²) in [6.45, 7) is 0. The largest absolute Gasteiger partial charge is 0.244 e. The highest BCUT2D eigenvalue weighted by Crippen LogP contribution is 2.34. The van der Waals surface area contributed by atoms with Crippen molar-refractivity contribution in [3.8, 4) is 0 Å². The van der Waals surface area contributed by atoms with Crippen LogP contribution in [-0.4, -0.2) is 20.6 Å². The second-order valence-electron chi connectivity index (χ2n) is 5.24. The van der Waals surface area contributed by atoms with Gasteiger partial charge in [-0.3, -0.25) is 0 Å². The van der Waals surface area contributed by atoms with E-state index in [0.29, 0.717) is 0 Å². The maximum Gasteiger partial charge on any atom is 0.134 e. The van der Waals surface area contributed by atoms with Gasteiger partial charge in [0.25, 0.3) is 0 Å². The molecule has 8 nitrogen and oxygen atoms in total. The molecule has 0 fully saturated rings. The van der Waals surface area contributed by atoms with Crippen LogP contribution in [0.3, 0.4) is 0 Å². The average molecular weight is 274 g/mol. The predicted octanol–water partition coefficient (Wildman–Crippen LogP) is 2.36. The monoisotopic (exact) mass is 274 g/mol. The summed E-state index contributed by atoms with van der Waals surface area (Å²) < 4.78 is 9.59. The van der Waals surface area contributed by atoms with E-state index in [1.54, 1.807) is 0 Å². The minimum Gasteiger partial charge on any atom is -0.244 e. The Bertz CT molecular complexity index is 579. The van der Waals surface area contributed by atoms with Gasteiger partial charge in [-0.05, 0) is 38.5 Å². The molecule has 0 bridgehead atoms. The number of nitrogens with zero attached hydrogens (tertiary/aromatic N) is 6. The summed E-state index contributed by atoms with van der Waals surface area (Å²) in [6, 6.07) is -0.0922. The molecule has 4 rings (SSSR count). The van der Waals surface area contributed by atoms with Gasteiger partial charge in [0.2, 0.25) is 0 Å². The third-order valence-corrected chi connectivity index (χ3v) is 3.93. The fraction of sp³-hybridized carbons (Fsp3) is 0.667. The molecule has 2 atom stereocenters. The lowest BCUT2D eigenvalue weighted by Gasteiger charge is -2.17. The van der Waals surface area contributed by atoms with E-state index in [1.807, 2.05) is 0 Å². The summed E-state index contributed by atoms with van der Waals surface area (Å²) in [5.74, 6) is 0. The van der Waals surface area contributed by atoms with Crippen molar-refractivity contribution in [1.82, 2.24) is 20.6 Å². The summed E-state index contributed by atoms with van der Waals surface area (Å²) in [7, 11) is 0. The van der Waals surface area contributed by atoms with E-state index in [2.05, 4.69) is 30.9 Å². The van der Waals surface area contributed by atoms with Crippen LogP contribution in [0.15, 0.2) is 19.5 Å². The fourth-order valence-corrected chi connectivity index (χ4v) is 2.86. The Labute approximate surface area is 114 Å². The number of rotatable bonds is 2. The van der Waals surface area contributed by atoms with Crippen LogP contribution >= 0.6 is 0 Å². The SMILES string of the molecule is C1Cc2nonc2[C@@H](N=N[C@@H]2CCCc3nonc32)C1. The summed E-state index contributed by atoms with van der Waals surface area (Å²) in [4.78, 5) is 0. The molecule has 104 valence electrons. The van der Waals surface area contributed by atoms with Gasteiger partial charge < -0.3 is 0 Å². The molecule has 0 saturated heterocycles. The van der Waals surface area contributed by atoms with Gasteiger partial charge in [-0.15, -0.1) is 0 Å². The minimum absolute atomic E-state index is 0.0461. The zero-order valence-electron chi connectivity index (χ0n) is 10.9. The van der Waals surface area contributed by atoms with Gasteiger partial charge in [0.1, 0.15) is 34.9 Å². The number of aryl methyl sites for hydroxylation is 2. The van der Waals surface area contributed by atoms with E-state index in [-0.39, 0.29) is 12.1 Å². The molecule has 2 aromatic heterocycles. The standard InChI is InChI=1S/C12H14N6O2/c1-3-7(11-9(5-1)15-19-17-11)13-14-8-4-2-6-10-12(8)18-20-16-10/h7-8H,1-6H2/t7-,8+. The van der Waals surface area contributed by atoms with Crippen molar-refractivity contribution in [3.05, 3.63) is 22.8 Å². The Balaban J connectivity index is 1.57. The number of azo groups is 1. The summed E-state index contributed by atoms with van der Waals surface area (Å²) >= 11 is 0. The first-order valence-electron chi connectivity index (χ1n) is 6.94. The second-order valence-corrected chi connectivity index (χ2v) is 5.24. The Kier molecular flexibility index (Phi) is 2.79. The predicted molar refractivity (Wildman–Crippen MR) is 64.8 cm³/mol. The topological polar surface area (TPSA) is 103 Å². The average Bonchev–Trinajstić information content (AvgIpc) is 3.13. The van der Waals surface area contributed by atoms with Crippen LogP contribution in [-0.2, 0) is 12.8 Å². The maximum atomic E-state index is 4.79. The van der Waals surface area contributed by atoms with Crippen LogP contribution in [0.2, 0.25) is 0 Å². The molecule has 2 aliphatic rings. The smallest absolute Gasteiger partial charge is 0.134 e. The summed E-state index contributed by atoms with van der Waals surface area (Å²) in [5, 5.41) is 24.6. The van der Waals surface area contributed by atoms with Crippen molar-refractivity contribution >= 4 is 0 Å². The van der Waals surface area contributed by atoms with Gasteiger partial charge >= 0.3 is 0 Å². The van der Waals surface area contributed by atoms with E-state index in [1.165, 1.54) is 0 Å². The van der Waals surface area contributed by atoms with Gasteiger partial charge in [-0.2, -0.15) is 10.2 Å². The van der Waals surface area contributed by atoms with Crippen LogP contribution in [0.1, 0.15) is 60.5 Å². The van der Waals surface area contributed by atoms with Crippen LogP contribution in [0, 0.1) is 0 Å². The Morgan fingerprint density at radius 2 is 1.25 bits per heavy atom. The molecule has 0 aromatic carbocycles. The maximum absolute atomic E-state index is 4.79. The van der Waals surface area contributed by atoms with Crippen molar-refractivity contribution in [1.29, 1.82) is 0 Å². The molecule has 0 aliphatic heterocycles. The van der Waals surface area contributed by atoms with Gasteiger partial charge in [0.15, 0.2) is 0 Å². The number of fused-ring (bicyclic) bond motifs is 2. The first-order valence-corrected chi connectivity index (χ1v) is 6.94. The molecular formula is C12H14N6O2. The molecule has 0 amide bonds. The molecule has 0 unspecified atom stereocenters. The van der Waals surface area contributed by atoms with Crippen molar-refractivity contribution in [2.45, 2.75) is 50.6 Å². The Morgan fingerprint density at radius 1 is 0.750 bits per heavy atom. The highest BCUT2D eigenvalue weighted by Gasteiger charge is 2.28. The normalized spacial score (nSPS) is 25.6. The Hall–Kier alpha value is -2.12. The minimum atomic E-state index is -0.0461. The highest BCUT2D eigenvalue weighted by atomic mass is 16.6. The van der Waals surface area contributed by atoms with Crippen LogP contribution in [0.4, 0.5) is 0 Å². The number of hydrogen-bond donors (Lipinski definition) is 0. The molecule has 2 aliphatic carbocycles. The highest BCUT2D eigenvalue weighted by molar-refractivity contribution is 5.17. The van der Waals surface area contributed by atoms with Crippen molar-refractivity contribution in [3.63, 3.8) is 0 Å². The van der Waals surface area contributed by atoms with Crippen LogP contribution in [0.5, 0.6) is 0 Å². The number of aromatic nitrogens is 4. The van der Waals surface area contributed by atoms with Gasteiger partial charge in [0.05, 0.1) is 0 Å². The molecule has 0 spiro atoms. The van der Waals surface area contributed by atoms with Crippen molar-refractivity contribution in [2.24, 2.45) is 10.2 Å². The molecule has 8 heteroatoms. The van der Waals surface area contributed by atoms with E-state index in [0.717, 1.165) is 61.3 Å². The molecule has 2 aromatic rings. The molecule has 20 heavy (non-hydrogen) atoms. The van der Waals surface area contributed by atoms with E-state index < -0.39 is 0 Å². The second kappa shape index (κ2) is 4.77. The van der Waals surface area contributed by atoms with Crippen molar-refractivity contribution < 1.29 is 9.26 Å². The fourth-order valence-electron chi connectivity index (χ4n) is 2.86. The zero-order chi connectivity index (χ0) is 13.4. The quantitative estimate of drug-likeness (QED) is 0.779. The number of hydrogen-bond acceptors (Lipinski definition) is 8. The lowest BCUT2D eigenvalue weighted by Crippen LogP contribution is -2.10. The molecular weight excluding hydrogens is 260 g/mol. The van der Waals surface area contributed by atoms with Gasteiger partial charge in [-0.1, -0.05) is 20.6 Å². The van der Waals surface area contributed by atoms with Crippen LogP contribution < -0.4 is 0 Å². The van der Waals surface area contributed by atoms with Gasteiger partial charge in [-0.25, -0.2) is 9.26 Å². The zero-order valence-corrected chi connectivity index (χ0v) is 10.9. The van der Waals surface area contributed by atoms with E-state index in [9.17, 15) is 0 Å². The first kappa shape index (κ1) is 11.7. The molecule has 0 N–H and O–H groups in total. The van der Waals surface area contributed by atoms with Crippen molar-refractivity contribution in [2.75, 3.05) is 0 Å². The lowest BCUT2D eigenvalue weighted by atomic mass is 9.96. The van der Waals surface area contributed by atoms with Crippen LogP contribution in [0.25, 0.3) is 0 Å². The molecule has 0 saturated carbocycles.